The summed E-state index contributed by atoms with van der Waals surface area (Å²) in [5, 5.41) is 12.5. The molecule has 10 nitrogen and oxygen atoms in total. The van der Waals surface area contributed by atoms with Gasteiger partial charge in [-0.3, -0.25) is 29.4 Å². The maximum atomic E-state index is 13.8. The number of thioether (sulfide) groups is 1. The van der Waals surface area contributed by atoms with Crippen LogP contribution in [0.2, 0.25) is 0 Å². The Labute approximate surface area is 220 Å². The van der Waals surface area contributed by atoms with Crippen molar-refractivity contribution < 1.29 is 33.2 Å². The lowest BCUT2D eigenvalue weighted by Crippen LogP contribution is -2.36. The Morgan fingerprint density at radius 3 is 2.53 bits per heavy atom. The van der Waals surface area contributed by atoms with E-state index < -0.39 is 34.3 Å². The van der Waals surface area contributed by atoms with E-state index in [2.05, 4.69) is 5.32 Å². The van der Waals surface area contributed by atoms with Crippen LogP contribution in [-0.2, 0) is 16.2 Å². The second-order valence-electron chi connectivity index (χ2n) is 7.92. The molecule has 1 fully saturated rings. The molecule has 1 aliphatic rings. The Bertz CT molecular complexity index is 1440. The lowest BCUT2D eigenvalue weighted by molar-refractivity contribution is -0.384. The number of halogens is 1. The van der Waals surface area contributed by atoms with E-state index in [9.17, 15) is 28.9 Å². The number of hydrogen-bond donors (Lipinski definition) is 1. The highest BCUT2D eigenvalue weighted by molar-refractivity contribution is 8.18. The number of benzene rings is 3. The average molecular weight is 538 g/mol. The van der Waals surface area contributed by atoms with Crippen molar-refractivity contribution in [1.82, 2.24) is 4.90 Å². The van der Waals surface area contributed by atoms with Crippen molar-refractivity contribution >= 4 is 46.3 Å². The molecule has 0 saturated carbocycles. The number of non-ortho nitro benzene ring substituents is 1. The van der Waals surface area contributed by atoms with E-state index >= 15 is 0 Å². The second kappa shape index (κ2) is 11.6. The number of rotatable bonds is 9. The molecule has 1 N–H and O–H groups in total. The lowest BCUT2D eigenvalue weighted by atomic mass is 10.1. The molecule has 1 saturated heterocycles. The molecule has 3 amide bonds. The number of carbonyl (C=O) groups is 3. The maximum absolute atomic E-state index is 13.8. The van der Waals surface area contributed by atoms with Crippen LogP contribution in [0.1, 0.15) is 11.1 Å². The molecule has 1 heterocycles. The maximum Gasteiger partial charge on any atom is 0.294 e. The van der Waals surface area contributed by atoms with Crippen LogP contribution >= 0.6 is 11.8 Å². The standard InChI is InChI=1S/C26H20FN3O7S/c1-36-22-12-17(8-11-21(22)37-15-16-6-9-18(10-7-16)30(34)35)13-23-25(32)29(26(33)38-23)14-24(31)28-20-5-3-2-4-19(20)27/h2-13H,14-15H2,1H3,(H,28,31)/b23-13-. The Morgan fingerprint density at radius 2 is 1.84 bits per heavy atom. The third kappa shape index (κ3) is 6.16. The minimum atomic E-state index is -0.713. The van der Waals surface area contributed by atoms with Gasteiger partial charge in [-0.15, -0.1) is 0 Å². The molecule has 0 bridgehead atoms. The predicted molar refractivity (Wildman–Crippen MR) is 138 cm³/mol. The van der Waals surface area contributed by atoms with Crippen molar-refractivity contribution in [2.75, 3.05) is 19.0 Å². The molecule has 0 aliphatic carbocycles. The van der Waals surface area contributed by atoms with Gasteiger partial charge in [0, 0.05) is 12.1 Å². The van der Waals surface area contributed by atoms with Crippen LogP contribution in [0.3, 0.4) is 0 Å². The summed E-state index contributed by atoms with van der Waals surface area (Å²) < 4.78 is 24.9. The van der Waals surface area contributed by atoms with Gasteiger partial charge in [0.25, 0.3) is 16.8 Å². The molecule has 0 spiro atoms. The summed E-state index contributed by atoms with van der Waals surface area (Å²) in [6, 6.07) is 16.4. The number of imide groups is 1. The molecule has 0 atom stereocenters. The van der Waals surface area contributed by atoms with E-state index in [1.807, 2.05) is 0 Å². The summed E-state index contributed by atoms with van der Waals surface area (Å²) in [4.78, 5) is 48.7. The highest BCUT2D eigenvalue weighted by atomic mass is 32.2. The molecule has 1 aliphatic heterocycles. The van der Waals surface area contributed by atoms with Crippen LogP contribution in [-0.4, -0.2) is 40.5 Å². The van der Waals surface area contributed by atoms with Gasteiger partial charge in [0.1, 0.15) is 19.0 Å². The van der Waals surface area contributed by atoms with Gasteiger partial charge in [0.2, 0.25) is 5.91 Å². The number of nitro groups is 1. The van der Waals surface area contributed by atoms with Crippen LogP contribution in [0, 0.1) is 15.9 Å². The van der Waals surface area contributed by atoms with Crippen molar-refractivity contribution in [2.24, 2.45) is 0 Å². The van der Waals surface area contributed by atoms with Crippen molar-refractivity contribution in [1.29, 1.82) is 0 Å². The molecule has 3 aromatic rings. The number of carbonyl (C=O) groups excluding carboxylic acids is 3. The molecule has 12 heteroatoms. The first kappa shape index (κ1) is 26.4. The summed E-state index contributed by atoms with van der Waals surface area (Å²) in [5.74, 6) is -1.23. The minimum absolute atomic E-state index is 0.0224. The zero-order valence-electron chi connectivity index (χ0n) is 19.9. The average Bonchev–Trinajstić information content (AvgIpc) is 3.16. The number of nitrogens with one attached hydrogen (secondary N) is 1. The van der Waals surface area contributed by atoms with Gasteiger partial charge >= 0.3 is 0 Å². The zero-order valence-corrected chi connectivity index (χ0v) is 20.7. The molecule has 4 rings (SSSR count). The quantitative estimate of drug-likeness (QED) is 0.230. The normalized spacial score (nSPS) is 14.1. The van der Waals surface area contributed by atoms with E-state index in [-0.39, 0.29) is 22.9 Å². The summed E-state index contributed by atoms with van der Waals surface area (Å²) in [6.45, 7) is -0.420. The smallest absolute Gasteiger partial charge is 0.294 e. The number of methoxy groups -OCH3 is 1. The van der Waals surface area contributed by atoms with Crippen LogP contribution in [0.15, 0.2) is 71.6 Å². The fourth-order valence-corrected chi connectivity index (χ4v) is 4.29. The molecule has 0 aromatic heterocycles. The highest BCUT2D eigenvalue weighted by Crippen LogP contribution is 2.35. The van der Waals surface area contributed by atoms with E-state index in [4.69, 9.17) is 9.47 Å². The Balaban J connectivity index is 1.42. The van der Waals surface area contributed by atoms with Gasteiger partial charge in [-0.25, -0.2) is 4.39 Å². The number of nitrogens with zero attached hydrogens (tertiary/aromatic N) is 2. The van der Waals surface area contributed by atoms with E-state index in [1.54, 1.807) is 36.4 Å². The Hall–Kier alpha value is -4.71. The van der Waals surface area contributed by atoms with Crippen molar-refractivity contribution in [3.63, 3.8) is 0 Å². The summed E-state index contributed by atoms with van der Waals surface area (Å²) in [7, 11) is 1.44. The summed E-state index contributed by atoms with van der Waals surface area (Å²) >= 11 is 0.681. The number of para-hydroxylation sites is 1. The fourth-order valence-electron chi connectivity index (χ4n) is 3.45. The first-order valence-electron chi connectivity index (χ1n) is 11.1. The van der Waals surface area contributed by atoms with E-state index in [1.165, 1.54) is 43.5 Å². The van der Waals surface area contributed by atoms with Gasteiger partial charge in [0.15, 0.2) is 11.5 Å². The number of hydrogen-bond acceptors (Lipinski definition) is 8. The summed E-state index contributed by atoms with van der Waals surface area (Å²) in [5.41, 5.74) is 1.19. The molecule has 3 aromatic carbocycles. The van der Waals surface area contributed by atoms with Gasteiger partial charge in [-0.05, 0) is 65.4 Å². The Morgan fingerprint density at radius 1 is 1.11 bits per heavy atom. The monoisotopic (exact) mass is 537 g/mol. The minimum Gasteiger partial charge on any atom is -0.493 e. The van der Waals surface area contributed by atoms with Gasteiger partial charge in [-0.1, -0.05) is 18.2 Å². The molecule has 194 valence electrons. The van der Waals surface area contributed by atoms with Crippen molar-refractivity contribution in [3.05, 3.63) is 98.7 Å². The number of amides is 3. The fraction of sp³-hybridized carbons (Fsp3) is 0.115. The van der Waals surface area contributed by atoms with Crippen LogP contribution in [0.25, 0.3) is 6.08 Å². The molecule has 0 unspecified atom stereocenters. The van der Waals surface area contributed by atoms with Gasteiger partial charge in [-0.2, -0.15) is 0 Å². The van der Waals surface area contributed by atoms with Crippen LogP contribution in [0.5, 0.6) is 11.5 Å². The van der Waals surface area contributed by atoms with E-state index in [0.29, 0.717) is 28.8 Å². The topological polar surface area (TPSA) is 128 Å². The first-order valence-corrected chi connectivity index (χ1v) is 11.9. The third-order valence-electron chi connectivity index (χ3n) is 5.35. The summed E-state index contributed by atoms with van der Waals surface area (Å²) in [6.07, 6.45) is 1.49. The SMILES string of the molecule is COc1cc(/C=C2\SC(=O)N(CC(=O)Nc3ccccc3F)C2=O)ccc1OCc1ccc([N+](=O)[O-])cc1. The predicted octanol–water partition coefficient (Wildman–Crippen LogP) is 5.00. The molecular formula is C26H20FN3O7S. The van der Waals surface area contributed by atoms with Gasteiger partial charge in [0.05, 0.1) is 22.6 Å². The molecular weight excluding hydrogens is 517 g/mol. The van der Waals surface area contributed by atoms with Crippen LogP contribution < -0.4 is 14.8 Å². The van der Waals surface area contributed by atoms with Crippen LogP contribution in [0.4, 0.5) is 20.6 Å². The van der Waals surface area contributed by atoms with Crippen molar-refractivity contribution in [3.8, 4) is 11.5 Å². The zero-order chi connectivity index (χ0) is 27.2. The lowest BCUT2D eigenvalue weighted by Gasteiger charge is -2.13. The number of anilines is 1. The highest BCUT2D eigenvalue weighted by Gasteiger charge is 2.36. The van der Waals surface area contributed by atoms with E-state index in [0.717, 1.165) is 10.5 Å². The second-order valence-corrected chi connectivity index (χ2v) is 8.91. The van der Waals surface area contributed by atoms with Crippen molar-refractivity contribution in [2.45, 2.75) is 6.61 Å². The molecule has 38 heavy (non-hydrogen) atoms. The number of nitro benzene ring substituents is 1. The largest absolute Gasteiger partial charge is 0.493 e. The molecule has 0 radical (unpaired) electrons. The third-order valence-corrected chi connectivity index (χ3v) is 6.26. The van der Waals surface area contributed by atoms with Gasteiger partial charge < -0.3 is 14.8 Å². The number of ether oxygens (including phenoxy) is 2. The first-order chi connectivity index (χ1) is 18.2. The Kier molecular flexibility index (Phi) is 8.02.